The van der Waals surface area contributed by atoms with Crippen LogP contribution in [0.15, 0.2) is 22.1 Å². The Morgan fingerprint density at radius 1 is 1.62 bits per heavy atom. The molecule has 0 saturated heterocycles. The van der Waals surface area contributed by atoms with Crippen LogP contribution >= 0.6 is 11.8 Å². The normalized spacial score (nSPS) is 28.1. The zero-order chi connectivity index (χ0) is 9.10. The second-order valence-electron chi connectivity index (χ2n) is 3.38. The summed E-state index contributed by atoms with van der Waals surface area (Å²) >= 11 is 1.73. The molecule has 1 aliphatic carbocycles. The molecule has 2 atom stereocenters. The molecule has 0 aliphatic heterocycles. The molecule has 0 bridgehead atoms. The molecule has 72 valence electrons. The predicted molar refractivity (Wildman–Crippen MR) is 52.5 cm³/mol. The van der Waals surface area contributed by atoms with Gasteiger partial charge in [-0.1, -0.05) is 18.2 Å². The number of nitrogens with two attached hydrogens (primary N) is 1. The minimum Gasteiger partial charge on any atom is -0.440 e. The summed E-state index contributed by atoms with van der Waals surface area (Å²) < 4.78 is 5.20. The first-order valence-corrected chi connectivity index (χ1v) is 5.54. The number of hydrogen-bond acceptors (Lipinski definition) is 4. The van der Waals surface area contributed by atoms with Crippen molar-refractivity contribution >= 4 is 11.8 Å². The van der Waals surface area contributed by atoms with Crippen LogP contribution in [0.1, 0.15) is 19.3 Å². The predicted octanol–water partition coefficient (Wildman–Crippen LogP) is 1.89. The Hall–Kier alpha value is -0.480. The van der Waals surface area contributed by atoms with E-state index in [0.717, 1.165) is 11.8 Å². The van der Waals surface area contributed by atoms with Crippen LogP contribution in [0.3, 0.4) is 0 Å². The van der Waals surface area contributed by atoms with Crippen molar-refractivity contribution < 1.29 is 4.42 Å². The number of hydrogen-bond donors (Lipinski definition) is 1. The van der Waals surface area contributed by atoms with Crippen LogP contribution in [-0.4, -0.2) is 16.8 Å². The molecule has 0 aromatic carbocycles. The highest BCUT2D eigenvalue weighted by molar-refractivity contribution is 7.99. The van der Waals surface area contributed by atoms with Crippen molar-refractivity contribution in [3.63, 3.8) is 0 Å². The van der Waals surface area contributed by atoms with Crippen molar-refractivity contribution in [1.82, 2.24) is 4.98 Å². The molecule has 13 heavy (non-hydrogen) atoms. The van der Waals surface area contributed by atoms with E-state index in [1.54, 1.807) is 24.2 Å². The van der Waals surface area contributed by atoms with E-state index < -0.39 is 0 Å². The van der Waals surface area contributed by atoms with Gasteiger partial charge in [0, 0.05) is 5.25 Å². The molecule has 1 saturated carbocycles. The lowest BCUT2D eigenvalue weighted by Gasteiger charge is -2.14. The minimum atomic E-state index is 0.614. The highest BCUT2D eigenvalue weighted by atomic mass is 32.2. The maximum Gasteiger partial charge on any atom is 0.255 e. The van der Waals surface area contributed by atoms with Gasteiger partial charge in [0.2, 0.25) is 0 Å². The molecule has 0 amide bonds. The van der Waals surface area contributed by atoms with Crippen LogP contribution in [0.4, 0.5) is 0 Å². The monoisotopic (exact) mass is 198 g/mol. The lowest BCUT2D eigenvalue weighted by Crippen LogP contribution is -2.20. The largest absolute Gasteiger partial charge is 0.440 e. The number of nitrogens with zero attached hydrogens (tertiary/aromatic N) is 1. The Morgan fingerprint density at radius 2 is 2.54 bits per heavy atom. The quantitative estimate of drug-likeness (QED) is 0.806. The highest BCUT2D eigenvalue weighted by Gasteiger charge is 2.27. The summed E-state index contributed by atoms with van der Waals surface area (Å²) in [7, 11) is 0. The molecule has 1 fully saturated rings. The molecule has 2 rings (SSSR count). The Kier molecular flexibility index (Phi) is 2.90. The average molecular weight is 198 g/mol. The third kappa shape index (κ3) is 2.06. The van der Waals surface area contributed by atoms with Gasteiger partial charge in [-0.15, -0.1) is 0 Å². The fraction of sp³-hybridized carbons (Fsp3) is 0.667. The van der Waals surface area contributed by atoms with Crippen LogP contribution in [0, 0.1) is 5.92 Å². The van der Waals surface area contributed by atoms with Gasteiger partial charge in [-0.25, -0.2) is 4.98 Å². The van der Waals surface area contributed by atoms with E-state index in [1.165, 1.54) is 19.3 Å². The van der Waals surface area contributed by atoms with E-state index in [9.17, 15) is 0 Å². The summed E-state index contributed by atoms with van der Waals surface area (Å²) in [5, 5.41) is 1.40. The number of aromatic nitrogens is 1. The molecule has 4 heteroatoms. The third-order valence-electron chi connectivity index (χ3n) is 2.55. The van der Waals surface area contributed by atoms with Crippen LogP contribution in [0.25, 0.3) is 0 Å². The summed E-state index contributed by atoms with van der Waals surface area (Å²) in [6.07, 6.45) is 7.10. The number of rotatable bonds is 3. The second-order valence-corrected chi connectivity index (χ2v) is 4.57. The first kappa shape index (κ1) is 9.09. The molecular formula is C9H14N2OS. The lowest BCUT2D eigenvalue weighted by molar-refractivity contribution is 0.450. The van der Waals surface area contributed by atoms with Crippen molar-refractivity contribution in [2.45, 2.75) is 29.7 Å². The SMILES string of the molecule is NCC1CCCC1Sc1ncco1. The zero-order valence-corrected chi connectivity index (χ0v) is 8.30. The van der Waals surface area contributed by atoms with Crippen molar-refractivity contribution in [2.75, 3.05) is 6.54 Å². The van der Waals surface area contributed by atoms with Crippen LogP contribution in [0.5, 0.6) is 0 Å². The van der Waals surface area contributed by atoms with Gasteiger partial charge in [0.25, 0.3) is 5.22 Å². The molecule has 1 aromatic heterocycles. The summed E-state index contributed by atoms with van der Waals surface area (Å²) in [6, 6.07) is 0. The number of thioether (sulfide) groups is 1. The van der Waals surface area contributed by atoms with Gasteiger partial charge in [-0.05, 0) is 25.3 Å². The summed E-state index contributed by atoms with van der Waals surface area (Å²) in [5.41, 5.74) is 5.69. The molecule has 0 radical (unpaired) electrons. The van der Waals surface area contributed by atoms with Crippen molar-refractivity contribution in [3.05, 3.63) is 12.5 Å². The average Bonchev–Trinajstić information content (AvgIpc) is 2.76. The minimum absolute atomic E-state index is 0.614. The molecule has 1 aliphatic rings. The summed E-state index contributed by atoms with van der Waals surface area (Å²) in [4.78, 5) is 4.10. The van der Waals surface area contributed by atoms with Crippen molar-refractivity contribution in [2.24, 2.45) is 11.7 Å². The van der Waals surface area contributed by atoms with Gasteiger partial charge in [0.15, 0.2) is 0 Å². The van der Waals surface area contributed by atoms with E-state index >= 15 is 0 Å². The molecule has 1 heterocycles. The van der Waals surface area contributed by atoms with Gasteiger partial charge >= 0.3 is 0 Å². The summed E-state index contributed by atoms with van der Waals surface area (Å²) in [5.74, 6) is 0.650. The zero-order valence-electron chi connectivity index (χ0n) is 7.48. The van der Waals surface area contributed by atoms with Crippen LogP contribution in [-0.2, 0) is 0 Å². The van der Waals surface area contributed by atoms with Crippen LogP contribution in [0.2, 0.25) is 0 Å². The highest BCUT2D eigenvalue weighted by Crippen LogP contribution is 2.37. The summed E-state index contributed by atoms with van der Waals surface area (Å²) in [6.45, 7) is 0.790. The topological polar surface area (TPSA) is 52.0 Å². The van der Waals surface area contributed by atoms with E-state index in [4.69, 9.17) is 10.2 Å². The third-order valence-corrected chi connectivity index (χ3v) is 3.88. The maximum atomic E-state index is 5.69. The second kappa shape index (κ2) is 4.15. The van der Waals surface area contributed by atoms with E-state index in [1.807, 2.05) is 0 Å². The van der Waals surface area contributed by atoms with E-state index in [2.05, 4.69) is 4.98 Å². The number of oxazole rings is 1. The Balaban J connectivity index is 1.94. The van der Waals surface area contributed by atoms with Gasteiger partial charge in [-0.3, -0.25) is 0 Å². The Labute approximate surface area is 82.1 Å². The molecule has 3 nitrogen and oxygen atoms in total. The van der Waals surface area contributed by atoms with Gasteiger partial charge in [0.05, 0.1) is 6.20 Å². The first-order valence-electron chi connectivity index (χ1n) is 4.66. The molecular weight excluding hydrogens is 184 g/mol. The Bertz CT molecular complexity index is 250. The van der Waals surface area contributed by atoms with Crippen molar-refractivity contribution in [3.8, 4) is 0 Å². The fourth-order valence-corrected chi connectivity index (χ4v) is 3.04. The van der Waals surface area contributed by atoms with Crippen LogP contribution < -0.4 is 5.73 Å². The van der Waals surface area contributed by atoms with Gasteiger partial charge in [0.1, 0.15) is 6.26 Å². The van der Waals surface area contributed by atoms with E-state index in [0.29, 0.717) is 11.2 Å². The van der Waals surface area contributed by atoms with Gasteiger partial charge in [-0.2, -0.15) is 0 Å². The first-order chi connectivity index (χ1) is 6.40. The molecule has 2 N–H and O–H groups in total. The standard InChI is InChI=1S/C9H14N2OS/c10-6-7-2-1-3-8(7)13-9-11-4-5-12-9/h4-5,7-8H,1-3,6,10H2. The maximum absolute atomic E-state index is 5.69. The smallest absolute Gasteiger partial charge is 0.255 e. The van der Waals surface area contributed by atoms with Crippen molar-refractivity contribution in [1.29, 1.82) is 0 Å². The lowest BCUT2D eigenvalue weighted by atomic mass is 10.1. The van der Waals surface area contributed by atoms with Gasteiger partial charge < -0.3 is 10.2 Å². The van der Waals surface area contributed by atoms with E-state index in [-0.39, 0.29) is 0 Å². The molecule has 2 unspecified atom stereocenters. The molecule has 1 aromatic rings. The fourth-order valence-electron chi connectivity index (χ4n) is 1.83. The Morgan fingerprint density at radius 3 is 3.23 bits per heavy atom. The molecule has 0 spiro atoms.